The molecular weight excluding hydrogens is 474 g/mol. The molecule has 3 aliphatic rings. The number of pyridine rings is 1. The molecule has 3 aromatic rings. The first-order valence-electron chi connectivity index (χ1n) is 12.8. The lowest BCUT2D eigenvalue weighted by Gasteiger charge is -2.32. The third-order valence-corrected chi connectivity index (χ3v) is 9.73. The van der Waals surface area contributed by atoms with Crippen molar-refractivity contribution < 1.29 is 13.2 Å². The van der Waals surface area contributed by atoms with Crippen molar-refractivity contribution in [2.45, 2.75) is 60.9 Å². The summed E-state index contributed by atoms with van der Waals surface area (Å²) in [6.07, 6.45) is 9.69. The lowest BCUT2D eigenvalue weighted by molar-refractivity contribution is 0.0950. The van der Waals surface area contributed by atoms with Gasteiger partial charge in [-0.3, -0.25) is 14.5 Å². The zero-order valence-corrected chi connectivity index (χ0v) is 21.0. The SMILES string of the molecule is O=C(c1cnn(C2CCN(S(=O)(=O)c3ccccc3)CC2)c1C1CC1)C1CC(c2cccnc2)CN1. The monoisotopic (exact) mass is 505 g/mol. The van der Waals surface area contributed by atoms with Crippen molar-refractivity contribution in [3.63, 3.8) is 0 Å². The van der Waals surface area contributed by atoms with E-state index in [1.807, 2.05) is 23.0 Å². The Hall–Kier alpha value is -2.88. The first-order valence-corrected chi connectivity index (χ1v) is 14.3. The van der Waals surface area contributed by atoms with E-state index in [1.54, 1.807) is 41.0 Å². The number of carbonyl (C=O) groups is 1. The highest BCUT2D eigenvalue weighted by Gasteiger charge is 2.39. The smallest absolute Gasteiger partial charge is 0.243 e. The summed E-state index contributed by atoms with van der Waals surface area (Å²) < 4.78 is 29.7. The van der Waals surface area contributed by atoms with E-state index >= 15 is 0 Å². The number of rotatable bonds is 7. The van der Waals surface area contributed by atoms with Crippen LogP contribution >= 0.6 is 0 Å². The van der Waals surface area contributed by atoms with Crippen molar-refractivity contribution >= 4 is 15.8 Å². The number of piperidine rings is 1. The fraction of sp³-hybridized carbons (Fsp3) is 0.444. The molecule has 36 heavy (non-hydrogen) atoms. The van der Waals surface area contributed by atoms with E-state index in [0.29, 0.717) is 36.7 Å². The van der Waals surface area contributed by atoms with Crippen LogP contribution in [0.1, 0.15) is 71.6 Å². The number of sulfonamides is 1. The van der Waals surface area contributed by atoms with Gasteiger partial charge in [0, 0.05) is 37.9 Å². The molecule has 2 aromatic heterocycles. The van der Waals surface area contributed by atoms with E-state index in [1.165, 1.54) is 0 Å². The summed E-state index contributed by atoms with van der Waals surface area (Å²) in [6.45, 7) is 1.67. The minimum atomic E-state index is -3.49. The molecule has 0 bridgehead atoms. The molecule has 1 saturated carbocycles. The molecule has 0 amide bonds. The number of benzene rings is 1. The predicted octanol–water partition coefficient (Wildman–Crippen LogP) is 3.51. The van der Waals surface area contributed by atoms with Crippen LogP contribution in [0.4, 0.5) is 0 Å². The molecule has 8 nitrogen and oxygen atoms in total. The Kier molecular flexibility index (Phi) is 6.23. The van der Waals surface area contributed by atoms with Gasteiger partial charge < -0.3 is 5.32 Å². The topological polar surface area (TPSA) is 97.2 Å². The Morgan fingerprint density at radius 1 is 0.944 bits per heavy atom. The van der Waals surface area contributed by atoms with Gasteiger partial charge in [-0.2, -0.15) is 9.40 Å². The van der Waals surface area contributed by atoms with E-state index in [2.05, 4.69) is 16.4 Å². The van der Waals surface area contributed by atoms with Gasteiger partial charge in [-0.05, 0) is 61.8 Å². The quantitative estimate of drug-likeness (QED) is 0.494. The van der Waals surface area contributed by atoms with E-state index in [4.69, 9.17) is 5.10 Å². The molecular formula is C27H31N5O3S. The second-order valence-electron chi connectivity index (χ2n) is 10.2. The fourth-order valence-corrected chi connectivity index (χ4v) is 7.17. The normalized spacial score (nSPS) is 23.7. The highest BCUT2D eigenvalue weighted by Crippen LogP contribution is 2.44. The Morgan fingerprint density at radius 2 is 1.72 bits per heavy atom. The Balaban J connectivity index is 1.17. The highest BCUT2D eigenvalue weighted by atomic mass is 32.2. The summed E-state index contributed by atoms with van der Waals surface area (Å²) in [6, 6.07) is 12.5. The molecule has 1 aliphatic carbocycles. The summed E-state index contributed by atoms with van der Waals surface area (Å²) in [5, 5.41) is 8.14. The molecule has 1 aromatic carbocycles. The van der Waals surface area contributed by atoms with Crippen LogP contribution in [0, 0.1) is 0 Å². The number of hydrogen-bond donors (Lipinski definition) is 1. The number of Topliss-reactive ketones (excluding diaryl/α,β-unsaturated/α-hetero) is 1. The maximum absolute atomic E-state index is 13.6. The number of aromatic nitrogens is 3. The van der Waals surface area contributed by atoms with Crippen LogP contribution in [-0.4, -0.2) is 58.9 Å². The second kappa shape index (κ2) is 9.53. The lowest BCUT2D eigenvalue weighted by atomic mass is 9.94. The molecule has 4 heterocycles. The standard InChI is InChI=1S/C27H31N5O3S/c33-27(25-15-21(17-29-25)20-5-4-12-28-16-20)24-18-30-32(26(24)19-8-9-19)22-10-13-31(14-11-22)36(34,35)23-6-2-1-3-7-23/h1-7,12,16,18-19,21-22,25,29H,8-11,13-15,17H2. The van der Waals surface area contributed by atoms with Crippen molar-refractivity contribution in [3.05, 3.63) is 77.9 Å². The Labute approximate surface area is 211 Å². The van der Waals surface area contributed by atoms with Crippen LogP contribution in [0.5, 0.6) is 0 Å². The van der Waals surface area contributed by atoms with Crippen molar-refractivity contribution in [1.82, 2.24) is 24.4 Å². The van der Waals surface area contributed by atoms with Gasteiger partial charge in [0.25, 0.3) is 0 Å². The zero-order chi connectivity index (χ0) is 24.7. The minimum Gasteiger partial charge on any atom is -0.307 e. The largest absolute Gasteiger partial charge is 0.307 e. The van der Waals surface area contributed by atoms with Gasteiger partial charge in [0.05, 0.1) is 34.4 Å². The fourth-order valence-electron chi connectivity index (χ4n) is 5.68. The first-order chi connectivity index (χ1) is 17.5. The maximum atomic E-state index is 13.6. The molecule has 188 valence electrons. The van der Waals surface area contributed by atoms with Crippen LogP contribution in [0.15, 0.2) is 66.0 Å². The van der Waals surface area contributed by atoms with Gasteiger partial charge >= 0.3 is 0 Å². The van der Waals surface area contributed by atoms with Gasteiger partial charge in [0.2, 0.25) is 10.0 Å². The number of ketones is 1. The molecule has 0 radical (unpaired) electrons. The molecule has 2 saturated heterocycles. The highest BCUT2D eigenvalue weighted by molar-refractivity contribution is 7.89. The molecule has 2 atom stereocenters. The number of nitrogens with zero attached hydrogens (tertiary/aromatic N) is 4. The Bertz CT molecular complexity index is 1330. The summed E-state index contributed by atoms with van der Waals surface area (Å²) in [7, 11) is -3.49. The van der Waals surface area contributed by atoms with E-state index in [-0.39, 0.29) is 23.8 Å². The second-order valence-corrected chi connectivity index (χ2v) is 12.1. The first kappa shape index (κ1) is 23.5. The van der Waals surface area contributed by atoms with Gasteiger partial charge in [-0.25, -0.2) is 8.42 Å². The van der Waals surface area contributed by atoms with Gasteiger partial charge in [-0.15, -0.1) is 0 Å². The Morgan fingerprint density at radius 3 is 2.42 bits per heavy atom. The van der Waals surface area contributed by atoms with Crippen molar-refractivity contribution in [2.75, 3.05) is 19.6 Å². The molecule has 0 spiro atoms. The number of nitrogens with one attached hydrogen (secondary N) is 1. The maximum Gasteiger partial charge on any atom is 0.243 e. The predicted molar refractivity (Wildman–Crippen MR) is 135 cm³/mol. The van der Waals surface area contributed by atoms with E-state index in [0.717, 1.165) is 42.6 Å². The van der Waals surface area contributed by atoms with Crippen molar-refractivity contribution in [1.29, 1.82) is 0 Å². The number of carbonyl (C=O) groups excluding carboxylic acids is 1. The summed E-state index contributed by atoms with van der Waals surface area (Å²) in [4.78, 5) is 18.2. The minimum absolute atomic E-state index is 0.101. The van der Waals surface area contributed by atoms with Gasteiger partial charge in [0.15, 0.2) is 5.78 Å². The van der Waals surface area contributed by atoms with Crippen molar-refractivity contribution in [2.24, 2.45) is 0 Å². The van der Waals surface area contributed by atoms with Crippen molar-refractivity contribution in [3.8, 4) is 0 Å². The summed E-state index contributed by atoms with van der Waals surface area (Å²) >= 11 is 0. The average Bonchev–Trinajstić information content (AvgIpc) is 3.47. The lowest BCUT2D eigenvalue weighted by Crippen LogP contribution is -2.39. The summed E-state index contributed by atoms with van der Waals surface area (Å²) in [5.41, 5.74) is 2.95. The zero-order valence-electron chi connectivity index (χ0n) is 20.2. The molecule has 9 heteroatoms. The number of hydrogen-bond acceptors (Lipinski definition) is 6. The van der Waals surface area contributed by atoms with E-state index in [9.17, 15) is 13.2 Å². The molecule has 2 unspecified atom stereocenters. The third-order valence-electron chi connectivity index (χ3n) is 7.82. The molecule has 6 rings (SSSR count). The molecule has 1 N–H and O–H groups in total. The summed E-state index contributed by atoms with van der Waals surface area (Å²) in [5.74, 6) is 0.773. The average molecular weight is 506 g/mol. The van der Waals surface area contributed by atoms with E-state index < -0.39 is 10.0 Å². The van der Waals surface area contributed by atoms with Gasteiger partial charge in [-0.1, -0.05) is 24.3 Å². The molecule has 3 fully saturated rings. The van der Waals surface area contributed by atoms with Crippen LogP contribution < -0.4 is 5.32 Å². The van der Waals surface area contributed by atoms with Crippen LogP contribution in [0.25, 0.3) is 0 Å². The third kappa shape index (κ3) is 4.40. The van der Waals surface area contributed by atoms with Crippen LogP contribution in [0.3, 0.4) is 0 Å². The van der Waals surface area contributed by atoms with Crippen LogP contribution in [0.2, 0.25) is 0 Å². The molecule has 2 aliphatic heterocycles. The van der Waals surface area contributed by atoms with Gasteiger partial charge in [0.1, 0.15) is 0 Å². The van der Waals surface area contributed by atoms with Crippen LogP contribution in [-0.2, 0) is 10.0 Å².